The number of rotatable bonds is 9. The Hall–Kier alpha value is -4.05. The molecular formula is C24H23N3O4. The van der Waals surface area contributed by atoms with E-state index in [4.69, 9.17) is 24.6 Å². The van der Waals surface area contributed by atoms with Crippen molar-refractivity contribution in [3.63, 3.8) is 0 Å². The lowest BCUT2D eigenvalue weighted by molar-refractivity contribution is -0.137. The van der Waals surface area contributed by atoms with Crippen molar-refractivity contribution in [1.82, 2.24) is 9.78 Å². The van der Waals surface area contributed by atoms with Crippen LogP contribution in [0.1, 0.15) is 18.4 Å². The summed E-state index contributed by atoms with van der Waals surface area (Å²) in [5.41, 5.74) is 3.13. The molecule has 7 nitrogen and oxygen atoms in total. The number of benzene rings is 2. The molecule has 0 aliphatic carbocycles. The lowest BCUT2D eigenvalue weighted by Gasteiger charge is -2.09. The molecule has 0 unspecified atom stereocenters. The molecule has 0 bridgehead atoms. The van der Waals surface area contributed by atoms with E-state index in [2.05, 4.69) is 0 Å². The Morgan fingerprint density at radius 1 is 1.13 bits per heavy atom. The third-order valence-electron chi connectivity index (χ3n) is 4.50. The van der Waals surface area contributed by atoms with Crippen LogP contribution in [0.5, 0.6) is 11.5 Å². The molecule has 158 valence electrons. The number of hydrogen-bond donors (Lipinski definition) is 0. The van der Waals surface area contributed by atoms with E-state index in [1.165, 1.54) is 6.08 Å². The quantitative estimate of drug-likeness (QED) is 0.291. The molecule has 3 aromatic rings. The number of carbonyl (C=O) groups is 1. The summed E-state index contributed by atoms with van der Waals surface area (Å²) in [5.74, 6) is 0.733. The Balaban J connectivity index is 1.94. The zero-order valence-corrected chi connectivity index (χ0v) is 17.4. The summed E-state index contributed by atoms with van der Waals surface area (Å²) in [6.45, 7) is 0.211. The molecule has 31 heavy (non-hydrogen) atoms. The summed E-state index contributed by atoms with van der Waals surface area (Å²) in [4.78, 5) is 12.0. The van der Waals surface area contributed by atoms with Crippen LogP contribution < -0.4 is 9.47 Å². The maximum absolute atomic E-state index is 12.0. The molecular weight excluding hydrogens is 394 g/mol. The van der Waals surface area contributed by atoms with Crippen LogP contribution in [0.2, 0.25) is 0 Å². The molecule has 0 aliphatic heterocycles. The minimum absolute atomic E-state index is 0.211. The number of para-hydroxylation sites is 1. The van der Waals surface area contributed by atoms with Crippen LogP contribution in [0.25, 0.3) is 23.0 Å². The molecule has 0 aliphatic rings. The molecule has 2 aromatic carbocycles. The summed E-state index contributed by atoms with van der Waals surface area (Å²) >= 11 is 0. The number of unbranched alkanes of at least 4 members (excludes halogenated alkanes) is 1. The normalized spacial score (nSPS) is 10.6. The van der Waals surface area contributed by atoms with Gasteiger partial charge in [0.25, 0.3) is 0 Å². The van der Waals surface area contributed by atoms with Crippen molar-refractivity contribution in [3.05, 3.63) is 66.4 Å². The predicted molar refractivity (Wildman–Crippen MR) is 117 cm³/mol. The van der Waals surface area contributed by atoms with Crippen molar-refractivity contribution >= 4 is 12.0 Å². The summed E-state index contributed by atoms with van der Waals surface area (Å²) in [6, 6.07) is 17.3. The Labute approximate surface area is 181 Å². The summed E-state index contributed by atoms with van der Waals surface area (Å²) in [6.07, 6.45) is 5.75. The first-order valence-electron chi connectivity index (χ1n) is 9.75. The third kappa shape index (κ3) is 5.52. The van der Waals surface area contributed by atoms with E-state index in [0.717, 1.165) is 16.8 Å². The Morgan fingerprint density at radius 2 is 1.90 bits per heavy atom. The topological polar surface area (TPSA) is 86.4 Å². The van der Waals surface area contributed by atoms with Gasteiger partial charge in [0.15, 0.2) is 11.5 Å². The maximum Gasteiger partial charge on any atom is 0.330 e. The fourth-order valence-electron chi connectivity index (χ4n) is 2.96. The number of esters is 1. The van der Waals surface area contributed by atoms with Crippen molar-refractivity contribution in [2.24, 2.45) is 0 Å². The van der Waals surface area contributed by atoms with E-state index in [1.54, 1.807) is 25.0 Å². The van der Waals surface area contributed by atoms with Crippen LogP contribution in [-0.4, -0.2) is 36.6 Å². The first kappa shape index (κ1) is 21.7. The van der Waals surface area contributed by atoms with E-state index in [1.807, 2.05) is 60.8 Å². The van der Waals surface area contributed by atoms with Gasteiger partial charge in [0, 0.05) is 29.8 Å². The second-order valence-corrected chi connectivity index (χ2v) is 6.55. The minimum Gasteiger partial charge on any atom is -0.493 e. The van der Waals surface area contributed by atoms with Crippen LogP contribution in [0, 0.1) is 11.3 Å². The van der Waals surface area contributed by atoms with E-state index in [9.17, 15) is 4.79 Å². The summed E-state index contributed by atoms with van der Waals surface area (Å²) in [5, 5.41) is 13.3. The van der Waals surface area contributed by atoms with Gasteiger partial charge in [-0.1, -0.05) is 18.2 Å². The molecule has 0 spiro atoms. The Bertz CT molecular complexity index is 1100. The van der Waals surface area contributed by atoms with Crippen molar-refractivity contribution in [2.75, 3.05) is 20.8 Å². The van der Waals surface area contributed by atoms with Crippen LogP contribution in [-0.2, 0) is 9.53 Å². The van der Waals surface area contributed by atoms with Gasteiger partial charge >= 0.3 is 5.97 Å². The van der Waals surface area contributed by atoms with Gasteiger partial charge in [-0.3, -0.25) is 0 Å². The molecule has 0 atom stereocenters. The molecule has 0 saturated heterocycles. The van der Waals surface area contributed by atoms with Crippen molar-refractivity contribution in [3.8, 4) is 34.5 Å². The van der Waals surface area contributed by atoms with E-state index >= 15 is 0 Å². The zero-order valence-electron chi connectivity index (χ0n) is 17.4. The van der Waals surface area contributed by atoms with Crippen LogP contribution >= 0.6 is 0 Å². The van der Waals surface area contributed by atoms with Gasteiger partial charge in [0.1, 0.15) is 5.69 Å². The average molecular weight is 417 g/mol. The largest absolute Gasteiger partial charge is 0.493 e. The van der Waals surface area contributed by atoms with Crippen LogP contribution in [0.15, 0.2) is 60.8 Å². The number of methoxy groups -OCH3 is 2. The monoisotopic (exact) mass is 417 g/mol. The average Bonchev–Trinajstić information content (AvgIpc) is 3.25. The maximum atomic E-state index is 12.0. The zero-order chi connectivity index (χ0) is 22.1. The number of carbonyl (C=O) groups excluding carboxylic acids is 1. The second kappa shape index (κ2) is 10.6. The van der Waals surface area contributed by atoms with E-state index in [-0.39, 0.29) is 6.61 Å². The molecule has 0 fully saturated rings. The minimum atomic E-state index is -0.469. The van der Waals surface area contributed by atoms with Gasteiger partial charge in [-0.2, -0.15) is 10.4 Å². The molecule has 3 rings (SSSR count). The van der Waals surface area contributed by atoms with E-state index in [0.29, 0.717) is 30.0 Å². The van der Waals surface area contributed by atoms with Gasteiger partial charge < -0.3 is 14.2 Å². The Morgan fingerprint density at radius 3 is 2.61 bits per heavy atom. The highest BCUT2D eigenvalue weighted by atomic mass is 16.5. The lowest BCUT2D eigenvalue weighted by atomic mass is 10.1. The van der Waals surface area contributed by atoms with Gasteiger partial charge in [0.05, 0.1) is 32.6 Å². The molecule has 1 aromatic heterocycles. The lowest BCUT2D eigenvalue weighted by Crippen LogP contribution is -2.01. The van der Waals surface area contributed by atoms with Gasteiger partial charge in [-0.15, -0.1) is 0 Å². The first-order valence-corrected chi connectivity index (χ1v) is 9.75. The number of aromatic nitrogens is 2. The van der Waals surface area contributed by atoms with Gasteiger partial charge in [-0.05, 0) is 42.8 Å². The Kier molecular flexibility index (Phi) is 7.44. The standard InChI is InChI=1S/C24H23N3O4/c1-29-21-12-10-18(16-22(21)30-2)24-19(11-13-23(28)31-15-7-6-14-25)17-27(26-24)20-8-4-3-5-9-20/h3-5,8-13,16-17H,6-7,15H2,1-2H3/b13-11+. The SMILES string of the molecule is COc1ccc(-c2nn(-c3ccccc3)cc2/C=C/C(=O)OCCCC#N)cc1OC. The van der Waals surface area contributed by atoms with Crippen LogP contribution in [0.3, 0.4) is 0 Å². The van der Waals surface area contributed by atoms with E-state index < -0.39 is 5.97 Å². The predicted octanol–water partition coefficient (Wildman–Crippen LogP) is 4.42. The molecule has 1 heterocycles. The molecule has 0 saturated carbocycles. The highest BCUT2D eigenvalue weighted by Gasteiger charge is 2.14. The first-order chi connectivity index (χ1) is 15.2. The fourth-order valence-corrected chi connectivity index (χ4v) is 2.96. The molecule has 0 radical (unpaired) electrons. The van der Waals surface area contributed by atoms with Crippen molar-refractivity contribution in [2.45, 2.75) is 12.8 Å². The van der Waals surface area contributed by atoms with Crippen molar-refractivity contribution in [1.29, 1.82) is 5.26 Å². The highest BCUT2D eigenvalue weighted by molar-refractivity contribution is 5.88. The number of nitriles is 1. The fraction of sp³-hybridized carbons (Fsp3) is 0.208. The molecule has 0 amide bonds. The molecule has 0 N–H and O–H groups in total. The van der Waals surface area contributed by atoms with Crippen molar-refractivity contribution < 1.29 is 19.0 Å². The molecule has 7 heteroatoms. The van der Waals surface area contributed by atoms with Crippen LogP contribution in [0.4, 0.5) is 0 Å². The number of hydrogen-bond acceptors (Lipinski definition) is 6. The number of ether oxygens (including phenoxy) is 3. The number of nitrogens with zero attached hydrogens (tertiary/aromatic N) is 3. The smallest absolute Gasteiger partial charge is 0.330 e. The highest BCUT2D eigenvalue weighted by Crippen LogP contribution is 2.33. The summed E-state index contributed by atoms with van der Waals surface area (Å²) in [7, 11) is 3.16. The second-order valence-electron chi connectivity index (χ2n) is 6.55. The third-order valence-corrected chi connectivity index (χ3v) is 4.50. The van der Waals surface area contributed by atoms with Gasteiger partial charge in [-0.25, -0.2) is 9.48 Å². The summed E-state index contributed by atoms with van der Waals surface area (Å²) < 4.78 is 17.6. The van der Waals surface area contributed by atoms with Gasteiger partial charge in [0.2, 0.25) is 0 Å².